The van der Waals surface area contributed by atoms with E-state index >= 15 is 0 Å². The van der Waals surface area contributed by atoms with Crippen LogP contribution in [0.15, 0.2) is 53.4 Å². The molecular weight excluding hydrogens is 393 g/mol. The number of hydrogen-bond acceptors (Lipinski definition) is 5. The zero-order valence-corrected chi connectivity index (χ0v) is 16.6. The Morgan fingerprint density at radius 2 is 2.03 bits per heavy atom. The topological polar surface area (TPSA) is 80.3 Å². The molecule has 0 fully saturated rings. The lowest BCUT2D eigenvalue weighted by molar-refractivity contribution is -0.122. The van der Waals surface area contributed by atoms with Crippen molar-refractivity contribution in [1.82, 2.24) is 15.6 Å². The minimum Gasteiger partial charge on any atom is -0.483 e. The number of hydrogen-bond donors (Lipinski definition) is 2. The number of amides is 2. The van der Waals surface area contributed by atoms with Crippen LogP contribution in [0.1, 0.15) is 16.1 Å². The fraction of sp³-hybridized carbons (Fsp3) is 0.190. The summed E-state index contributed by atoms with van der Waals surface area (Å²) < 4.78 is 19.8. The van der Waals surface area contributed by atoms with E-state index in [9.17, 15) is 14.0 Å². The van der Waals surface area contributed by atoms with Crippen molar-refractivity contribution in [3.63, 3.8) is 0 Å². The van der Waals surface area contributed by atoms with Gasteiger partial charge in [0.05, 0.1) is 11.2 Å². The minimum absolute atomic E-state index is 0.160. The Morgan fingerprint density at radius 1 is 1.21 bits per heavy atom. The van der Waals surface area contributed by atoms with Crippen molar-refractivity contribution in [2.45, 2.75) is 6.42 Å². The monoisotopic (exact) mass is 413 g/mol. The Hall–Kier alpha value is -3.26. The molecule has 0 atom stereocenters. The predicted molar refractivity (Wildman–Crippen MR) is 110 cm³/mol. The first-order valence-electron chi connectivity index (χ1n) is 8.95. The number of rotatable bonds is 8. The fourth-order valence-corrected chi connectivity index (χ4v) is 3.28. The lowest BCUT2D eigenvalue weighted by Crippen LogP contribution is -2.26. The highest BCUT2D eigenvalue weighted by atomic mass is 32.1. The third kappa shape index (κ3) is 5.61. The average molecular weight is 413 g/mol. The molecule has 0 bridgehead atoms. The van der Waals surface area contributed by atoms with Gasteiger partial charge in [-0.15, -0.1) is 11.3 Å². The second-order valence-corrected chi connectivity index (χ2v) is 6.89. The van der Waals surface area contributed by atoms with Crippen molar-refractivity contribution in [1.29, 1.82) is 0 Å². The van der Waals surface area contributed by atoms with Crippen LogP contribution in [0.3, 0.4) is 0 Å². The van der Waals surface area contributed by atoms with Crippen molar-refractivity contribution in [3.8, 4) is 16.9 Å². The summed E-state index contributed by atoms with van der Waals surface area (Å²) in [6, 6.07) is 11.1. The second-order valence-electron chi connectivity index (χ2n) is 6.17. The van der Waals surface area contributed by atoms with Gasteiger partial charge in [-0.25, -0.2) is 9.37 Å². The second kappa shape index (κ2) is 9.79. The number of halogens is 1. The smallest absolute Gasteiger partial charge is 0.257 e. The standard InChI is InChI=1S/C21H20FN3O3S/c1-23-20(26)11-28-19-5-3-2-4-18(19)14-8-15(10-16(22)9-14)21(27)24-7-6-17-12-29-13-25-17/h2-5,8-10,12-13H,6-7,11H2,1H3,(H,23,26)(H,24,27). The van der Waals surface area contributed by atoms with Crippen LogP contribution in [-0.2, 0) is 11.2 Å². The Morgan fingerprint density at radius 3 is 2.79 bits per heavy atom. The summed E-state index contributed by atoms with van der Waals surface area (Å²) >= 11 is 1.49. The third-order valence-corrected chi connectivity index (χ3v) is 4.78. The predicted octanol–water partition coefficient (Wildman–Crippen LogP) is 3.05. The maximum atomic E-state index is 14.2. The molecule has 0 radical (unpaired) electrons. The Balaban J connectivity index is 1.76. The van der Waals surface area contributed by atoms with Gasteiger partial charge in [0.2, 0.25) is 0 Å². The van der Waals surface area contributed by atoms with E-state index in [-0.39, 0.29) is 24.0 Å². The lowest BCUT2D eigenvalue weighted by atomic mass is 10.0. The highest BCUT2D eigenvalue weighted by Crippen LogP contribution is 2.31. The van der Waals surface area contributed by atoms with Crippen LogP contribution >= 0.6 is 11.3 Å². The molecule has 29 heavy (non-hydrogen) atoms. The molecule has 0 aliphatic heterocycles. The molecule has 3 rings (SSSR count). The molecule has 0 saturated carbocycles. The summed E-state index contributed by atoms with van der Waals surface area (Å²) in [6.45, 7) is 0.243. The SMILES string of the molecule is CNC(=O)COc1ccccc1-c1cc(F)cc(C(=O)NCCc2cscn2)c1. The number of nitrogens with one attached hydrogen (secondary N) is 2. The number of ether oxygens (including phenoxy) is 1. The molecule has 2 N–H and O–H groups in total. The largest absolute Gasteiger partial charge is 0.483 e. The number of para-hydroxylation sites is 1. The van der Waals surface area contributed by atoms with E-state index in [0.717, 1.165) is 5.69 Å². The molecule has 0 aliphatic rings. The van der Waals surface area contributed by atoms with Gasteiger partial charge in [-0.05, 0) is 29.8 Å². The van der Waals surface area contributed by atoms with E-state index in [0.29, 0.717) is 29.8 Å². The third-order valence-electron chi connectivity index (χ3n) is 4.15. The Labute approximate surface area is 171 Å². The number of likely N-dealkylation sites (N-methyl/N-ethyl adjacent to an activating group) is 1. The summed E-state index contributed by atoms with van der Waals surface area (Å²) in [5.41, 5.74) is 3.92. The number of aromatic nitrogens is 1. The van der Waals surface area contributed by atoms with Crippen LogP contribution in [0.4, 0.5) is 4.39 Å². The summed E-state index contributed by atoms with van der Waals surface area (Å²) in [5, 5.41) is 7.18. The van der Waals surface area contributed by atoms with Crippen molar-refractivity contribution in [3.05, 3.63) is 70.4 Å². The highest BCUT2D eigenvalue weighted by molar-refractivity contribution is 7.07. The van der Waals surface area contributed by atoms with Gasteiger partial charge in [0.25, 0.3) is 11.8 Å². The van der Waals surface area contributed by atoms with Gasteiger partial charge in [-0.2, -0.15) is 0 Å². The van der Waals surface area contributed by atoms with Gasteiger partial charge in [-0.3, -0.25) is 9.59 Å². The molecule has 1 heterocycles. The van der Waals surface area contributed by atoms with Gasteiger partial charge in [0, 0.05) is 36.5 Å². The summed E-state index contributed by atoms with van der Waals surface area (Å²) in [5.74, 6) is -0.756. The zero-order chi connectivity index (χ0) is 20.6. The normalized spacial score (nSPS) is 10.4. The first-order chi connectivity index (χ1) is 14.1. The Bertz CT molecular complexity index is 993. The van der Waals surface area contributed by atoms with E-state index in [1.807, 2.05) is 5.38 Å². The van der Waals surface area contributed by atoms with Crippen LogP contribution in [0, 0.1) is 5.82 Å². The van der Waals surface area contributed by atoms with E-state index in [4.69, 9.17) is 4.74 Å². The van der Waals surface area contributed by atoms with Crippen LogP contribution in [0.2, 0.25) is 0 Å². The fourth-order valence-electron chi connectivity index (χ4n) is 2.69. The number of thiazole rings is 1. The number of nitrogens with zero attached hydrogens (tertiary/aromatic N) is 1. The first-order valence-corrected chi connectivity index (χ1v) is 9.89. The number of carbonyl (C=O) groups excluding carboxylic acids is 2. The van der Waals surface area contributed by atoms with Gasteiger partial charge >= 0.3 is 0 Å². The van der Waals surface area contributed by atoms with Crippen molar-refractivity contribution in [2.75, 3.05) is 20.2 Å². The van der Waals surface area contributed by atoms with Crippen molar-refractivity contribution < 1.29 is 18.7 Å². The lowest BCUT2D eigenvalue weighted by Gasteiger charge is -2.12. The van der Waals surface area contributed by atoms with Gasteiger partial charge in [-0.1, -0.05) is 18.2 Å². The van der Waals surface area contributed by atoms with E-state index in [2.05, 4.69) is 15.6 Å². The van der Waals surface area contributed by atoms with Crippen LogP contribution in [-0.4, -0.2) is 37.0 Å². The summed E-state index contributed by atoms with van der Waals surface area (Å²) in [4.78, 5) is 28.1. The van der Waals surface area contributed by atoms with Crippen LogP contribution < -0.4 is 15.4 Å². The zero-order valence-electron chi connectivity index (χ0n) is 15.8. The minimum atomic E-state index is -0.534. The van der Waals surface area contributed by atoms with E-state index in [1.165, 1.54) is 30.5 Å². The average Bonchev–Trinajstić information content (AvgIpc) is 3.25. The van der Waals surface area contributed by atoms with E-state index in [1.54, 1.807) is 35.8 Å². The highest BCUT2D eigenvalue weighted by Gasteiger charge is 2.13. The van der Waals surface area contributed by atoms with Crippen LogP contribution in [0.5, 0.6) is 5.75 Å². The maximum absolute atomic E-state index is 14.2. The van der Waals surface area contributed by atoms with Gasteiger partial charge < -0.3 is 15.4 Å². The van der Waals surface area contributed by atoms with Crippen molar-refractivity contribution >= 4 is 23.2 Å². The molecule has 3 aromatic rings. The molecule has 2 aromatic carbocycles. The molecule has 0 unspecified atom stereocenters. The van der Waals surface area contributed by atoms with Gasteiger partial charge in [0.15, 0.2) is 6.61 Å². The molecular formula is C21H20FN3O3S. The molecule has 6 nitrogen and oxygen atoms in total. The number of benzene rings is 2. The van der Waals surface area contributed by atoms with E-state index < -0.39 is 5.82 Å². The van der Waals surface area contributed by atoms with Crippen LogP contribution in [0.25, 0.3) is 11.1 Å². The molecule has 8 heteroatoms. The summed E-state index contributed by atoms with van der Waals surface area (Å²) in [6.07, 6.45) is 0.605. The maximum Gasteiger partial charge on any atom is 0.257 e. The summed E-state index contributed by atoms with van der Waals surface area (Å²) in [7, 11) is 1.52. The Kier molecular flexibility index (Phi) is 6.91. The first kappa shape index (κ1) is 20.5. The molecule has 0 saturated heterocycles. The quantitative estimate of drug-likeness (QED) is 0.595. The molecule has 1 aromatic heterocycles. The van der Waals surface area contributed by atoms with Gasteiger partial charge in [0.1, 0.15) is 11.6 Å². The molecule has 0 aliphatic carbocycles. The molecule has 2 amide bonds. The number of carbonyl (C=O) groups is 2. The molecule has 0 spiro atoms. The molecule has 150 valence electrons. The van der Waals surface area contributed by atoms with Crippen molar-refractivity contribution in [2.24, 2.45) is 0 Å².